The molecule has 0 amide bonds. The minimum absolute atomic E-state index is 0. The number of hydrogen-bond donors (Lipinski definition) is 0. The third-order valence-electron chi connectivity index (χ3n) is 8.30. The average molecular weight is 700 g/mol. The monoisotopic (exact) mass is 698 g/mol. The van der Waals surface area contributed by atoms with E-state index in [-0.39, 0.29) is 46.4 Å². The van der Waals surface area contributed by atoms with E-state index >= 15 is 0 Å². The van der Waals surface area contributed by atoms with E-state index in [0.717, 1.165) is 9.52 Å². The van der Waals surface area contributed by atoms with Crippen LogP contribution in [0, 0.1) is 0 Å². The van der Waals surface area contributed by atoms with E-state index in [1.165, 1.54) is 53.5 Å². The molecule has 0 aliphatic heterocycles. The zero-order valence-electron chi connectivity index (χ0n) is 26.7. The molecule has 0 bridgehead atoms. The Labute approximate surface area is 292 Å². The van der Waals surface area contributed by atoms with E-state index in [1.807, 2.05) is 0 Å². The minimum Gasteiger partial charge on any atom is -0.269 e. The molecule has 4 heteroatoms. The Bertz CT molecular complexity index is 1950. The molecule has 46 heavy (non-hydrogen) atoms. The van der Waals surface area contributed by atoms with Gasteiger partial charge in [-0.1, -0.05) is 124 Å². The summed E-state index contributed by atoms with van der Waals surface area (Å²) in [6.45, 7) is 8.80. The van der Waals surface area contributed by atoms with Crippen molar-refractivity contribution in [3.05, 3.63) is 165 Å². The van der Waals surface area contributed by atoms with Gasteiger partial charge in [0.1, 0.15) is 0 Å². The predicted molar refractivity (Wildman–Crippen MR) is 192 cm³/mol. The van der Waals surface area contributed by atoms with Gasteiger partial charge in [-0.2, -0.15) is 34.7 Å². The van der Waals surface area contributed by atoms with Crippen LogP contribution in [0.5, 0.6) is 0 Å². The van der Waals surface area contributed by atoms with E-state index < -0.39 is 0 Å². The Morgan fingerprint density at radius 1 is 0.457 bits per heavy atom. The first-order chi connectivity index (χ1) is 20.9. The molecule has 2 radical (unpaired) electrons. The van der Waals surface area contributed by atoms with Gasteiger partial charge in [-0.25, -0.2) is 0 Å². The van der Waals surface area contributed by atoms with Gasteiger partial charge in [0.25, 0.3) is 0 Å². The fraction of sp³-hybridized carbons (Fsp3) is 0.143. The van der Waals surface area contributed by atoms with Crippen LogP contribution in [-0.2, 0) is 37.0 Å². The first kappa shape index (κ1) is 36.7. The van der Waals surface area contributed by atoms with Gasteiger partial charge in [0.15, 0.2) is 0 Å². The van der Waals surface area contributed by atoms with Crippen molar-refractivity contribution in [3.63, 3.8) is 0 Å². The van der Waals surface area contributed by atoms with Crippen molar-refractivity contribution < 1.29 is 35.6 Å². The summed E-state index contributed by atoms with van der Waals surface area (Å²) < 4.78 is 0. The Hall–Kier alpha value is -3.72. The van der Waals surface area contributed by atoms with Gasteiger partial charge >= 0.3 is 26.2 Å². The summed E-state index contributed by atoms with van der Waals surface area (Å²) in [7, 11) is 1.08. The maximum Gasteiger partial charge on any atom is 2.00 e. The van der Waals surface area contributed by atoms with Gasteiger partial charge in [0.2, 0.25) is 0 Å². The predicted octanol–water partition coefficient (Wildman–Crippen LogP) is 7.59. The van der Waals surface area contributed by atoms with Crippen LogP contribution in [0.2, 0.25) is 13.1 Å². The van der Waals surface area contributed by atoms with Crippen molar-refractivity contribution in [1.29, 1.82) is 0 Å². The van der Waals surface area contributed by atoms with Crippen LogP contribution in [0.25, 0.3) is 45.8 Å². The van der Waals surface area contributed by atoms with Crippen molar-refractivity contribution >= 4 is 55.4 Å². The van der Waals surface area contributed by atoms with Gasteiger partial charge in [-0.05, 0) is 43.5 Å². The summed E-state index contributed by atoms with van der Waals surface area (Å²) in [6.07, 6.45) is 12.0. The molecule has 2 unspecified atom stereocenters. The fourth-order valence-corrected chi connectivity index (χ4v) is 6.37. The SMILES string of the molecule is CC1(c2cccc3ccccc23)[C-]=c2ccccc2=C1.CC1(c2cccc3ccccc23)[C-]=c2ccccc2=C1.C[Si]C.F.F.[Zr+2]. The molecule has 0 aromatic heterocycles. The van der Waals surface area contributed by atoms with Crippen molar-refractivity contribution in [2.75, 3.05) is 0 Å². The molecule has 0 fully saturated rings. The Morgan fingerprint density at radius 3 is 1.17 bits per heavy atom. The topological polar surface area (TPSA) is 0 Å². The number of halogens is 2. The first-order valence-electron chi connectivity index (χ1n) is 15.0. The maximum absolute atomic E-state index is 3.66. The fourth-order valence-electron chi connectivity index (χ4n) is 6.37. The smallest absolute Gasteiger partial charge is 0.269 e. The first-order valence-corrected chi connectivity index (χ1v) is 17.0. The van der Waals surface area contributed by atoms with Gasteiger partial charge in [-0.15, -0.1) is 46.9 Å². The number of fused-ring (bicyclic) bond motifs is 4. The molecule has 2 aliphatic rings. The second kappa shape index (κ2) is 15.7. The maximum atomic E-state index is 3.66. The zero-order valence-corrected chi connectivity index (χ0v) is 30.1. The van der Waals surface area contributed by atoms with Gasteiger partial charge in [0, 0.05) is 9.52 Å². The number of benzene rings is 6. The van der Waals surface area contributed by atoms with E-state index in [4.69, 9.17) is 0 Å². The molecule has 0 heterocycles. The summed E-state index contributed by atoms with van der Waals surface area (Å²) in [5, 5.41) is 10.2. The van der Waals surface area contributed by atoms with Crippen molar-refractivity contribution in [2.24, 2.45) is 0 Å². The van der Waals surface area contributed by atoms with Crippen molar-refractivity contribution in [2.45, 2.75) is 37.8 Å². The van der Waals surface area contributed by atoms with E-state index in [1.54, 1.807) is 0 Å². The summed E-state index contributed by atoms with van der Waals surface area (Å²) in [5.74, 6) is 0. The molecule has 0 spiro atoms. The summed E-state index contributed by atoms with van der Waals surface area (Å²) in [6, 6.07) is 47.2. The molecular weight excluding hydrogens is 662 g/mol. The molecule has 6 aromatic carbocycles. The van der Waals surface area contributed by atoms with Crippen LogP contribution in [0.15, 0.2) is 133 Å². The zero-order chi connectivity index (χ0) is 29.9. The summed E-state index contributed by atoms with van der Waals surface area (Å²) >= 11 is 0. The molecule has 8 rings (SSSR count). The van der Waals surface area contributed by atoms with Crippen LogP contribution in [0.1, 0.15) is 25.0 Å². The van der Waals surface area contributed by atoms with Gasteiger partial charge in [0.05, 0.1) is 0 Å². The molecule has 0 N–H and O–H groups in total. The van der Waals surface area contributed by atoms with Crippen LogP contribution in [0.4, 0.5) is 9.41 Å². The van der Waals surface area contributed by atoms with E-state index in [0.29, 0.717) is 0 Å². The van der Waals surface area contributed by atoms with Gasteiger partial charge < -0.3 is 0 Å². The normalized spacial score (nSPS) is 18.0. The summed E-state index contributed by atoms with van der Waals surface area (Å²) in [4.78, 5) is 0. The molecule has 6 aromatic rings. The number of rotatable bonds is 2. The largest absolute Gasteiger partial charge is 2.00 e. The van der Waals surface area contributed by atoms with Crippen molar-refractivity contribution in [3.8, 4) is 0 Å². The minimum atomic E-state index is -0.148. The summed E-state index contributed by atoms with van der Waals surface area (Å²) in [5.41, 5.74) is 2.35. The number of hydrogen-bond acceptors (Lipinski definition) is 0. The third-order valence-corrected chi connectivity index (χ3v) is 8.30. The molecule has 228 valence electrons. The Kier molecular flexibility index (Phi) is 12.6. The molecule has 0 saturated heterocycles. The molecule has 2 aliphatic carbocycles. The molecular formula is C42H38F2SiZr. The van der Waals surface area contributed by atoms with Gasteiger partial charge in [-0.3, -0.25) is 9.41 Å². The van der Waals surface area contributed by atoms with Crippen LogP contribution in [-0.4, -0.2) is 9.52 Å². The molecule has 0 saturated carbocycles. The standard InChI is InChI=1S/2C20H15.C2H6Si.2FH.Zr/c2*1-20(13-16-8-2-3-9-17(16)14-20)19-12-6-10-15-7-4-5-11-18(15)19;1-3-2;;;/h2*2-13H,1H3;1-2H3;2*1H;/q2*-1;;;;+2. The average Bonchev–Trinajstić information content (AvgIpc) is 3.58. The Balaban J connectivity index is 0.000000218. The molecule has 0 nitrogen and oxygen atoms in total. The second-order valence-corrected chi connectivity index (χ2v) is 12.7. The van der Waals surface area contributed by atoms with Crippen LogP contribution >= 0.6 is 0 Å². The molecule has 2 atom stereocenters. The van der Waals surface area contributed by atoms with E-state index in [9.17, 15) is 0 Å². The van der Waals surface area contributed by atoms with Crippen LogP contribution < -0.4 is 20.9 Å². The second-order valence-electron chi connectivity index (χ2n) is 11.7. The third kappa shape index (κ3) is 7.30. The quantitative estimate of drug-likeness (QED) is 0.129. The van der Waals surface area contributed by atoms with Crippen molar-refractivity contribution in [1.82, 2.24) is 0 Å². The van der Waals surface area contributed by atoms with E-state index in [2.05, 4.69) is 185 Å². The van der Waals surface area contributed by atoms with Crippen LogP contribution in [0.3, 0.4) is 0 Å². The Morgan fingerprint density at radius 2 is 0.783 bits per heavy atom.